The number of nitrogens with one attached hydrogen (secondary N) is 1. The molecule has 0 radical (unpaired) electrons. The second kappa shape index (κ2) is 10.4. The summed E-state index contributed by atoms with van der Waals surface area (Å²) in [4.78, 5) is 23.5. The first-order valence-electron chi connectivity index (χ1n) is 9.55. The number of rotatable bonds is 8. The van der Waals surface area contributed by atoms with Crippen molar-refractivity contribution in [3.05, 3.63) is 29.3 Å². The Balaban J connectivity index is 2.17. The molecule has 1 fully saturated rings. The first kappa shape index (κ1) is 21.3. The van der Waals surface area contributed by atoms with Crippen LogP contribution in [0.5, 0.6) is 11.5 Å². The minimum absolute atomic E-state index is 0.0334. The molecule has 0 aromatic heterocycles. The minimum atomic E-state index is -0.591. The normalized spacial score (nSPS) is 19.4. The Morgan fingerprint density at radius 3 is 2.68 bits per heavy atom. The third-order valence-corrected chi connectivity index (χ3v) is 4.74. The predicted molar refractivity (Wildman–Crippen MR) is 105 cm³/mol. The van der Waals surface area contributed by atoms with Gasteiger partial charge in [-0.2, -0.15) is 5.26 Å². The summed E-state index contributed by atoms with van der Waals surface area (Å²) >= 11 is 0. The number of benzene rings is 1. The molecule has 3 N–H and O–H groups in total. The summed E-state index contributed by atoms with van der Waals surface area (Å²) in [5.41, 5.74) is 5.76. The Kier molecular flexibility index (Phi) is 7.88. The lowest BCUT2D eigenvalue weighted by Crippen LogP contribution is -2.41. The van der Waals surface area contributed by atoms with Crippen LogP contribution in [0, 0.1) is 17.2 Å². The molecular formula is C21H27N3O4. The van der Waals surface area contributed by atoms with Crippen molar-refractivity contribution >= 4 is 17.9 Å². The van der Waals surface area contributed by atoms with Gasteiger partial charge in [-0.05, 0) is 49.5 Å². The van der Waals surface area contributed by atoms with Gasteiger partial charge in [-0.1, -0.05) is 25.8 Å². The molecule has 0 spiro atoms. The van der Waals surface area contributed by atoms with Gasteiger partial charge in [0, 0.05) is 6.04 Å². The molecule has 1 aliphatic carbocycles. The van der Waals surface area contributed by atoms with Gasteiger partial charge in [0.15, 0.2) is 18.1 Å². The molecule has 0 saturated heterocycles. The van der Waals surface area contributed by atoms with E-state index in [9.17, 15) is 14.9 Å². The SMILES string of the molecule is CCOc1cc(/C=C(\C#N)C(=O)N[C@@H]2CCCC[C@H]2C)ccc1OCC(N)=O. The van der Waals surface area contributed by atoms with Crippen LogP contribution in [0.4, 0.5) is 0 Å². The zero-order chi connectivity index (χ0) is 20.5. The van der Waals surface area contributed by atoms with Crippen LogP contribution in [0.25, 0.3) is 6.08 Å². The summed E-state index contributed by atoms with van der Waals surface area (Å²) < 4.78 is 10.9. The average Bonchev–Trinajstić information content (AvgIpc) is 2.67. The van der Waals surface area contributed by atoms with Gasteiger partial charge in [0.1, 0.15) is 11.6 Å². The third-order valence-electron chi connectivity index (χ3n) is 4.74. The van der Waals surface area contributed by atoms with Crippen LogP contribution in [0.2, 0.25) is 0 Å². The van der Waals surface area contributed by atoms with E-state index in [0.29, 0.717) is 29.6 Å². The molecule has 1 aliphatic rings. The molecule has 7 nitrogen and oxygen atoms in total. The van der Waals surface area contributed by atoms with E-state index < -0.39 is 5.91 Å². The summed E-state index contributed by atoms with van der Waals surface area (Å²) in [5, 5.41) is 12.4. The number of primary amides is 1. The quantitative estimate of drug-likeness (QED) is 0.527. The van der Waals surface area contributed by atoms with Crippen LogP contribution in [0.15, 0.2) is 23.8 Å². The van der Waals surface area contributed by atoms with Gasteiger partial charge in [-0.3, -0.25) is 9.59 Å². The van der Waals surface area contributed by atoms with Crippen molar-refractivity contribution in [3.63, 3.8) is 0 Å². The topological polar surface area (TPSA) is 114 Å². The smallest absolute Gasteiger partial charge is 0.262 e. The van der Waals surface area contributed by atoms with E-state index in [2.05, 4.69) is 12.2 Å². The van der Waals surface area contributed by atoms with Crippen molar-refractivity contribution in [2.24, 2.45) is 11.7 Å². The molecule has 1 aromatic carbocycles. The third kappa shape index (κ3) is 6.02. The molecule has 2 atom stereocenters. The molecule has 1 aromatic rings. The molecule has 0 heterocycles. The van der Waals surface area contributed by atoms with E-state index in [1.165, 1.54) is 12.5 Å². The van der Waals surface area contributed by atoms with Crippen molar-refractivity contribution in [1.82, 2.24) is 5.32 Å². The van der Waals surface area contributed by atoms with Crippen LogP contribution in [-0.4, -0.2) is 31.1 Å². The number of carbonyl (C=O) groups excluding carboxylic acids is 2. The van der Waals surface area contributed by atoms with Gasteiger partial charge in [0.2, 0.25) is 0 Å². The Morgan fingerprint density at radius 2 is 2.04 bits per heavy atom. The van der Waals surface area contributed by atoms with Crippen molar-refractivity contribution in [2.75, 3.05) is 13.2 Å². The monoisotopic (exact) mass is 385 g/mol. The van der Waals surface area contributed by atoms with E-state index in [-0.39, 0.29) is 24.1 Å². The summed E-state index contributed by atoms with van der Waals surface area (Å²) in [5.74, 6) is 0.233. The molecule has 0 bridgehead atoms. The van der Waals surface area contributed by atoms with Crippen molar-refractivity contribution < 1.29 is 19.1 Å². The van der Waals surface area contributed by atoms with Gasteiger partial charge in [0.25, 0.3) is 11.8 Å². The lowest BCUT2D eigenvalue weighted by molar-refractivity contribution is -0.120. The second-order valence-electron chi connectivity index (χ2n) is 6.91. The summed E-state index contributed by atoms with van der Waals surface area (Å²) in [6, 6.07) is 7.04. The Morgan fingerprint density at radius 1 is 1.29 bits per heavy atom. The van der Waals surface area contributed by atoms with E-state index in [0.717, 1.165) is 19.3 Å². The number of hydrogen-bond donors (Lipinski definition) is 2. The van der Waals surface area contributed by atoms with E-state index in [1.54, 1.807) is 18.2 Å². The number of hydrogen-bond acceptors (Lipinski definition) is 5. The number of nitriles is 1. The number of nitrogens with two attached hydrogens (primary N) is 1. The number of nitrogens with zero attached hydrogens (tertiary/aromatic N) is 1. The lowest BCUT2D eigenvalue weighted by Gasteiger charge is -2.29. The molecule has 1 saturated carbocycles. The van der Waals surface area contributed by atoms with Crippen LogP contribution in [0.1, 0.15) is 45.1 Å². The fraction of sp³-hybridized carbons (Fsp3) is 0.476. The van der Waals surface area contributed by atoms with Gasteiger partial charge < -0.3 is 20.5 Å². The molecular weight excluding hydrogens is 358 g/mol. The van der Waals surface area contributed by atoms with E-state index in [1.807, 2.05) is 13.0 Å². The second-order valence-corrected chi connectivity index (χ2v) is 6.91. The van der Waals surface area contributed by atoms with Gasteiger partial charge >= 0.3 is 0 Å². The Bertz CT molecular complexity index is 782. The number of carbonyl (C=O) groups is 2. The summed E-state index contributed by atoms with van der Waals surface area (Å²) in [6.45, 7) is 4.07. The Hall–Kier alpha value is -3.01. The summed E-state index contributed by atoms with van der Waals surface area (Å²) in [7, 11) is 0. The zero-order valence-corrected chi connectivity index (χ0v) is 16.4. The number of amides is 2. The van der Waals surface area contributed by atoms with E-state index in [4.69, 9.17) is 15.2 Å². The average molecular weight is 385 g/mol. The van der Waals surface area contributed by atoms with Crippen molar-refractivity contribution in [1.29, 1.82) is 5.26 Å². The molecule has 0 aliphatic heterocycles. The number of ether oxygens (including phenoxy) is 2. The largest absolute Gasteiger partial charge is 0.490 e. The molecule has 2 rings (SSSR count). The first-order chi connectivity index (χ1) is 13.4. The van der Waals surface area contributed by atoms with Crippen molar-refractivity contribution in [3.8, 4) is 17.6 Å². The maximum absolute atomic E-state index is 12.5. The van der Waals surface area contributed by atoms with Crippen LogP contribution < -0.4 is 20.5 Å². The molecule has 2 amide bonds. The van der Waals surface area contributed by atoms with Crippen molar-refractivity contribution in [2.45, 2.75) is 45.6 Å². The molecule has 7 heteroatoms. The highest BCUT2D eigenvalue weighted by Gasteiger charge is 2.24. The highest BCUT2D eigenvalue weighted by Crippen LogP contribution is 2.29. The fourth-order valence-corrected chi connectivity index (χ4v) is 3.24. The van der Waals surface area contributed by atoms with Gasteiger partial charge in [-0.25, -0.2) is 0 Å². The van der Waals surface area contributed by atoms with Gasteiger partial charge in [0.05, 0.1) is 6.61 Å². The highest BCUT2D eigenvalue weighted by molar-refractivity contribution is 6.01. The van der Waals surface area contributed by atoms with Crippen LogP contribution in [0.3, 0.4) is 0 Å². The highest BCUT2D eigenvalue weighted by atomic mass is 16.5. The molecule has 0 unspecified atom stereocenters. The maximum Gasteiger partial charge on any atom is 0.262 e. The Labute approximate surface area is 165 Å². The fourth-order valence-electron chi connectivity index (χ4n) is 3.24. The zero-order valence-electron chi connectivity index (χ0n) is 16.4. The molecule has 150 valence electrons. The van der Waals surface area contributed by atoms with E-state index >= 15 is 0 Å². The maximum atomic E-state index is 12.5. The first-order valence-corrected chi connectivity index (χ1v) is 9.55. The summed E-state index contributed by atoms with van der Waals surface area (Å²) in [6.07, 6.45) is 5.81. The molecule has 28 heavy (non-hydrogen) atoms. The predicted octanol–water partition coefficient (Wildman–Crippen LogP) is 2.55. The van der Waals surface area contributed by atoms with Crippen LogP contribution >= 0.6 is 0 Å². The minimum Gasteiger partial charge on any atom is -0.490 e. The lowest BCUT2D eigenvalue weighted by atomic mass is 9.86. The van der Waals surface area contributed by atoms with Gasteiger partial charge in [-0.15, -0.1) is 0 Å². The standard InChI is InChI=1S/C21H27N3O4/c1-3-27-19-11-15(8-9-18(19)28-13-20(23)25)10-16(12-22)21(26)24-17-7-5-4-6-14(17)2/h8-11,14,17H,3-7,13H2,1-2H3,(H2,23,25)(H,24,26)/b16-10+/t14-,17-/m1/s1. The van der Waals surface area contributed by atoms with Crippen LogP contribution in [-0.2, 0) is 9.59 Å².